The van der Waals surface area contributed by atoms with Crippen LogP contribution in [0.3, 0.4) is 0 Å². The molecule has 0 aromatic carbocycles. The highest BCUT2D eigenvalue weighted by atomic mass is 32.2. The van der Waals surface area contributed by atoms with Crippen LogP contribution in [-0.2, 0) is 23.0 Å². The van der Waals surface area contributed by atoms with E-state index in [0.29, 0.717) is 23.0 Å². The topological polar surface area (TPSA) is 90.3 Å². The number of fused-ring (bicyclic) bond motifs is 2. The van der Waals surface area contributed by atoms with Gasteiger partial charge in [0, 0.05) is 36.8 Å². The van der Waals surface area contributed by atoms with Gasteiger partial charge in [0.2, 0.25) is 0 Å². The quantitative estimate of drug-likeness (QED) is 0.409. The van der Waals surface area contributed by atoms with Crippen molar-refractivity contribution in [1.29, 1.82) is 0 Å². The first-order valence-corrected chi connectivity index (χ1v) is 12.9. The minimum Gasteiger partial charge on any atom is -0.312 e. The minimum atomic E-state index is -4.53. The lowest BCUT2D eigenvalue weighted by atomic mass is 10.2. The first-order chi connectivity index (χ1) is 16.2. The van der Waals surface area contributed by atoms with E-state index in [1.807, 2.05) is 13.0 Å². The summed E-state index contributed by atoms with van der Waals surface area (Å²) in [4.78, 5) is 13.1. The normalized spacial score (nSPS) is 18.5. The van der Waals surface area contributed by atoms with Crippen molar-refractivity contribution in [3.8, 4) is 11.4 Å². The number of rotatable bonds is 5. The molecule has 0 bridgehead atoms. The van der Waals surface area contributed by atoms with E-state index < -0.39 is 21.5 Å². The first kappa shape index (κ1) is 21.5. The summed E-state index contributed by atoms with van der Waals surface area (Å²) in [5.41, 5.74) is 1.39. The fourth-order valence-electron chi connectivity index (χ4n) is 4.19. The Bertz CT molecular complexity index is 1570. The van der Waals surface area contributed by atoms with Crippen LogP contribution in [-0.4, -0.2) is 45.1 Å². The molecule has 8 nitrogen and oxygen atoms in total. The second kappa shape index (κ2) is 7.24. The Morgan fingerprint density at radius 1 is 1.18 bits per heavy atom. The maximum Gasteiger partial charge on any atom is 0.417 e. The lowest BCUT2D eigenvalue weighted by Crippen LogP contribution is -2.09. The summed E-state index contributed by atoms with van der Waals surface area (Å²) in [6.07, 6.45) is 1.81. The number of nitrogens with zero attached hydrogens (tertiary/aromatic N) is 7. The molecule has 2 aliphatic rings. The predicted molar refractivity (Wildman–Crippen MR) is 120 cm³/mol. The largest absolute Gasteiger partial charge is 0.417 e. The van der Waals surface area contributed by atoms with Crippen molar-refractivity contribution in [2.75, 3.05) is 5.75 Å². The molecule has 4 aromatic rings. The van der Waals surface area contributed by atoms with Crippen molar-refractivity contribution >= 4 is 26.5 Å². The van der Waals surface area contributed by atoms with Crippen LogP contribution in [0.15, 0.2) is 33.9 Å². The summed E-state index contributed by atoms with van der Waals surface area (Å²) in [7, 11) is -1.22. The average molecular weight is 490 g/mol. The molecule has 4 aromatic heterocycles. The van der Waals surface area contributed by atoms with E-state index in [2.05, 4.69) is 19.3 Å². The van der Waals surface area contributed by atoms with Crippen LogP contribution in [0.25, 0.3) is 28.2 Å². The third kappa shape index (κ3) is 3.38. The molecule has 1 atom stereocenters. The van der Waals surface area contributed by atoms with Gasteiger partial charge < -0.3 is 4.57 Å². The summed E-state index contributed by atoms with van der Waals surface area (Å²) in [6.45, 7) is 1.81. The third-order valence-electron chi connectivity index (χ3n) is 6.33. The van der Waals surface area contributed by atoms with Crippen LogP contribution >= 0.6 is 0 Å². The Labute approximate surface area is 193 Å². The Morgan fingerprint density at radius 2 is 1.94 bits per heavy atom. The Morgan fingerprint density at radius 3 is 2.59 bits per heavy atom. The lowest BCUT2D eigenvalue weighted by Gasteiger charge is -2.08. The van der Waals surface area contributed by atoms with E-state index in [-0.39, 0.29) is 28.0 Å². The van der Waals surface area contributed by atoms with Gasteiger partial charge in [-0.15, -0.1) is 0 Å². The molecule has 0 aliphatic heterocycles. The zero-order chi connectivity index (χ0) is 23.8. The molecule has 34 heavy (non-hydrogen) atoms. The molecule has 0 spiro atoms. The number of aromatic nitrogens is 6. The zero-order valence-corrected chi connectivity index (χ0v) is 19.4. The summed E-state index contributed by atoms with van der Waals surface area (Å²) < 4.78 is 61.9. The van der Waals surface area contributed by atoms with Crippen LogP contribution in [0.4, 0.5) is 13.2 Å². The van der Waals surface area contributed by atoms with Crippen molar-refractivity contribution in [2.24, 2.45) is 11.4 Å². The van der Waals surface area contributed by atoms with Gasteiger partial charge in [0.1, 0.15) is 11.3 Å². The second-order valence-electron chi connectivity index (χ2n) is 8.88. The van der Waals surface area contributed by atoms with Crippen molar-refractivity contribution in [1.82, 2.24) is 29.1 Å². The molecule has 2 aliphatic carbocycles. The van der Waals surface area contributed by atoms with Gasteiger partial charge in [0.05, 0.1) is 26.9 Å². The van der Waals surface area contributed by atoms with Crippen molar-refractivity contribution in [3.63, 3.8) is 0 Å². The van der Waals surface area contributed by atoms with Crippen LogP contribution in [0.2, 0.25) is 0 Å². The predicted octanol–water partition coefficient (Wildman–Crippen LogP) is 4.58. The fraction of sp³-hybridized carbons (Fsp3) is 0.455. The SMILES string of the molecule is CCS(=O)(=NC1CC1)c1nn2c(C3CC3)ccnc2c1-c1nc2cc(C(F)(F)F)cnc2n1C. The van der Waals surface area contributed by atoms with Gasteiger partial charge in [-0.05, 0) is 37.8 Å². The molecule has 2 fully saturated rings. The molecule has 0 radical (unpaired) electrons. The molecule has 0 amide bonds. The third-order valence-corrected chi connectivity index (χ3v) is 8.64. The number of aryl methyl sites for hydroxylation is 1. The highest BCUT2D eigenvalue weighted by molar-refractivity contribution is 7.93. The second-order valence-corrected chi connectivity index (χ2v) is 11.3. The maximum atomic E-state index is 14.1. The van der Waals surface area contributed by atoms with Crippen LogP contribution in [0, 0.1) is 0 Å². The Hall–Kier alpha value is -3.02. The Kier molecular flexibility index (Phi) is 4.58. The number of imidazole rings is 1. The maximum absolute atomic E-state index is 14.1. The number of pyridine rings is 1. The molecule has 6 rings (SSSR count). The number of hydrogen-bond acceptors (Lipinski definition) is 6. The van der Waals surface area contributed by atoms with Gasteiger partial charge >= 0.3 is 6.18 Å². The van der Waals surface area contributed by atoms with Gasteiger partial charge in [-0.2, -0.15) is 18.3 Å². The van der Waals surface area contributed by atoms with E-state index in [1.54, 1.807) is 22.3 Å². The monoisotopic (exact) mass is 489 g/mol. The summed E-state index contributed by atoms with van der Waals surface area (Å²) in [5.74, 6) is 0.930. The van der Waals surface area contributed by atoms with Gasteiger partial charge in [-0.25, -0.2) is 28.0 Å². The molecule has 178 valence electrons. The summed E-state index contributed by atoms with van der Waals surface area (Å²) >= 11 is 0. The van der Waals surface area contributed by atoms with Crippen molar-refractivity contribution in [3.05, 3.63) is 35.8 Å². The summed E-state index contributed by atoms with van der Waals surface area (Å²) in [5, 5.41) is 5.06. The highest BCUT2D eigenvalue weighted by Gasteiger charge is 2.35. The highest BCUT2D eigenvalue weighted by Crippen LogP contribution is 2.42. The summed E-state index contributed by atoms with van der Waals surface area (Å²) in [6, 6.07) is 2.92. The standard InChI is InChI=1S/C22H22F3N7OS/c1-3-34(33,30-14-6-7-14)21-17(19-26-9-8-16(12-4-5-12)32(19)29-21)20-28-15-10-13(22(23,24)25)11-27-18(15)31(20)2/h8-12,14H,3-7H2,1-2H3. The molecule has 0 N–H and O–H groups in total. The van der Waals surface area contributed by atoms with E-state index in [9.17, 15) is 17.4 Å². The van der Waals surface area contributed by atoms with Crippen LogP contribution < -0.4 is 0 Å². The van der Waals surface area contributed by atoms with Gasteiger partial charge in [-0.3, -0.25) is 0 Å². The lowest BCUT2D eigenvalue weighted by molar-refractivity contribution is -0.137. The number of alkyl halides is 3. The van der Waals surface area contributed by atoms with Crippen molar-refractivity contribution < 1.29 is 17.4 Å². The van der Waals surface area contributed by atoms with Crippen LogP contribution in [0.1, 0.15) is 49.8 Å². The van der Waals surface area contributed by atoms with Gasteiger partial charge in [0.25, 0.3) is 0 Å². The number of halogens is 3. The molecule has 2 saturated carbocycles. The fourth-order valence-corrected chi connectivity index (χ4v) is 6.11. The van der Waals surface area contributed by atoms with Gasteiger partial charge in [0.15, 0.2) is 16.3 Å². The Balaban J connectivity index is 1.67. The molecule has 12 heteroatoms. The molecular formula is C22H22F3N7OS. The van der Waals surface area contributed by atoms with E-state index in [4.69, 9.17) is 5.10 Å². The van der Waals surface area contributed by atoms with E-state index in [0.717, 1.165) is 43.6 Å². The molecular weight excluding hydrogens is 467 g/mol. The average Bonchev–Trinajstić information content (AvgIpc) is 3.73. The van der Waals surface area contributed by atoms with E-state index >= 15 is 0 Å². The molecule has 1 unspecified atom stereocenters. The minimum absolute atomic E-state index is 0.0393. The number of hydrogen-bond donors (Lipinski definition) is 0. The smallest absolute Gasteiger partial charge is 0.312 e. The molecule has 0 saturated heterocycles. The van der Waals surface area contributed by atoms with E-state index in [1.165, 1.54) is 0 Å². The first-order valence-electron chi connectivity index (χ1n) is 11.2. The van der Waals surface area contributed by atoms with Gasteiger partial charge in [-0.1, -0.05) is 6.92 Å². The van der Waals surface area contributed by atoms with Crippen LogP contribution in [0.5, 0.6) is 0 Å². The molecule has 4 heterocycles. The van der Waals surface area contributed by atoms with Crippen molar-refractivity contribution in [2.45, 2.75) is 55.8 Å². The zero-order valence-electron chi connectivity index (χ0n) is 18.6.